The molecule has 0 aliphatic heterocycles. The highest BCUT2D eigenvalue weighted by molar-refractivity contribution is 7.80. The first-order valence-corrected chi connectivity index (χ1v) is 5.21. The molecule has 0 N–H and O–H groups in total. The van der Waals surface area contributed by atoms with Gasteiger partial charge in [-0.15, -0.1) is 12.6 Å². The number of nitrogens with zero attached hydrogens (tertiary/aromatic N) is 4. The molecule has 0 spiro atoms. The van der Waals surface area contributed by atoms with Crippen molar-refractivity contribution in [3.63, 3.8) is 0 Å². The fourth-order valence-corrected chi connectivity index (χ4v) is 2.35. The Labute approximate surface area is 86.8 Å². The highest BCUT2D eigenvalue weighted by Crippen LogP contribution is 2.25. The molecule has 5 heteroatoms. The van der Waals surface area contributed by atoms with Gasteiger partial charge in [-0.25, -0.2) is 4.98 Å². The van der Waals surface area contributed by atoms with Crippen LogP contribution in [0.15, 0.2) is 11.4 Å². The first-order chi connectivity index (χ1) is 6.86. The van der Waals surface area contributed by atoms with Crippen LogP contribution in [0, 0.1) is 0 Å². The van der Waals surface area contributed by atoms with Crippen LogP contribution in [0.5, 0.6) is 0 Å². The first-order valence-electron chi connectivity index (χ1n) is 4.77. The molecule has 14 heavy (non-hydrogen) atoms. The summed E-state index contributed by atoms with van der Waals surface area (Å²) in [7, 11) is 0. The standard InChI is InChI=1S/C9H10N4S/c14-8-6-3-1-2-4-7(6)12-9-10-5-11-13(8)9/h5,14H,1-4H2. The van der Waals surface area contributed by atoms with Gasteiger partial charge < -0.3 is 0 Å². The molecule has 1 aliphatic carbocycles. The van der Waals surface area contributed by atoms with Gasteiger partial charge in [-0.1, -0.05) is 0 Å². The molecule has 0 saturated carbocycles. The number of hydrogen-bond acceptors (Lipinski definition) is 4. The zero-order valence-corrected chi connectivity index (χ0v) is 8.54. The van der Waals surface area contributed by atoms with Gasteiger partial charge in [-0.3, -0.25) is 0 Å². The summed E-state index contributed by atoms with van der Waals surface area (Å²) >= 11 is 4.49. The number of aryl methyl sites for hydroxylation is 1. The molecule has 0 saturated heterocycles. The topological polar surface area (TPSA) is 43.1 Å². The lowest BCUT2D eigenvalue weighted by Gasteiger charge is -2.16. The summed E-state index contributed by atoms with van der Waals surface area (Å²) in [6.07, 6.45) is 6.08. The molecule has 0 radical (unpaired) electrons. The number of hydrogen-bond donors (Lipinski definition) is 1. The predicted molar refractivity (Wildman–Crippen MR) is 54.7 cm³/mol. The summed E-state index contributed by atoms with van der Waals surface area (Å²) in [5.41, 5.74) is 2.40. The van der Waals surface area contributed by atoms with E-state index in [-0.39, 0.29) is 0 Å². The van der Waals surface area contributed by atoms with Crippen molar-refractivity contribution in [3.8, 4) is 0 Å². The van der Waals surface area contributed by atoms with Gasteiger partial charge in [0, 0.05) is 5.56 Å². The van der Waals surface area contributed by atoms with Crippen LogP contribution in [-0.2, 0) is 12.8 Å². The molecule has 0 fully saturated rings. The van der Waals surface area contributed by atoms with Gasteiger partial charge in [0.05, 0.1) is 5.69 Å². The maximum absolute atomic E-state index is 4.49. The monoisotopic (exact) mass is 206 g/mol. The minimum absolute atomic E-state index is 0.663. The molecule has 1 aliphatic rings. The fourth-order valence-electron chi connectivity index (χ4n) is 1.96. The predicted octanol–water partition coefficient (Wildman–Crippen LogP) is 1.29. The van der Waals surface area contributed by atoms with Gasteiger partial charge in [0.1, 0.15) is 11.4 Å². The van der Waals surface area contributed by atoms with E-state index in [4.69, 9.17) is 0 Å². The molecule has 0 unspecified atom stereocenters. The Morgan fingerprint density at radius 1 is 1.29 bits per heavy atom. The van der Waals surface area contributed by atoms with Gasteiger partial charge in [0.15, 0.2) is 0 Å². The zero-order valence-electron chi connectivity index (χ0n) is 7.64. The van der Waals surface area contributed by atoms with E-state index in [1.54, 1.807) is 4.52 Å². The number of fused-ring (bicyclic) bond motifs is 2. The van der Waals surface area contributed by atoms with Crippen LogP contribution in [0.2, 0.25) is 0 Å². The lowest BCUT2D eigenvalue weighted by Crippen LogP contribution is -2.10. The van der Waals surface area contributed by atoms with Gasteiger partial charge >= 0.3 is 0 Å². The molecule has 4 nitrogen and oxygen atoms in total. The van der Waals surface area contributed by atoms with Crippen molar-refractivity contribution in [1.82, 2.24) is 19.6 Å². The third kappa shape index (κ3) is 1.05. The fraction of sp³-hybridized carbons (Fsp3) is 0.444. The van der Waals surface area contributed by atoms with Crippen molar-refractivity contribution in [1.29, 1.82) is 0 Å². The summed E-state index contributed by atoms with van der Waals surface area (Å²) < 4.78 is 1.70. The normalized spacial score (nSPS) is 15.8. The van der Waals surface area contributed by atoms with Crippen LogP contribution < -0.4 is 0 Å². The largest absolute Gasteiger partial charge is 0.253 e. The van der Waals surface area contributed by atoms with Gasteiger partial charge in [0.2, 0.25) is 0 Å². The molecule has 2 aromatic heterocycles. The lowest BCUT2D eigenvalue weighted by molar-refractivity contribution is 0.636. The van der Waals surface area contributed by atoms with Crippen molar-refractivity contribution >= 4 is 18.4 Å². The van der Waals surface area contributed by atoms with E-state index in [0.717, 1.165) is 23.6 Å². The van der Waals surface area contributed by atoms with Crippen molar-refractivity contribution in [2.45, 2.75) is 30.7 Å². The molecule has 0 aromatic carbocycles. The second-order valence-corrected chi connectivity index (χ2v) is 3.96. The van der Waals surface area contributed by atoms with E-state index in [1.165, 1.54) is 24.7 Å². The van der Waals surface area contributed by atoms with E-state index in [9.17, 15) is 0 Å². The Morgan fingerprint density at radius 3 is 3.07 bits per heavy atom. The van der Waals surface area contributed by atoms with Gasteiger partial charge in [-0.05, 0) is 25.7 Å². The molecular weight excluding hydrogens is 196 g/mol. The quantitative estimate of drug-likeness (QED) is 0.522. The maximum Gasteiger partial charge on any atom is 0.253 e. The van der Waals surface area contributed by atoms with Gasteiger partial charge in [-0.2, -0.15) is 14.6 Å². The van der Waals surface area contributed by atoms with Crippen molar-refractivity contribution in [2.24, 2.45) is 0 Å². The molecule has 3 rings (SSSR count). The average Bonchev–Trinajstić information content (AvgIpc) is 2.66. The minimum atomic E-state index is 0.663. The molecule has 72 valence electrons. The van der Waals surface area contributed by atoms with E-state index in [0.29, 0.717) is 5.78 Å². The van der Waals surface area contributed by atoms with Crippen LogP contribution in [0.3, 0.4) is 0 Å². The Kier molecular flexibility index (Phi) is 1.73. The van der Waals surface area contributed by atoms with E-state index in [2.05, 4.69) is 27.7 Å². The van der Waals surface area contributed by atoms with Crippen LogP contribution in [0.25, 0.3) is 5.78 Å². The summed E-state index contributed by atoms with van der Waals surface area (Å²) in [6.45, 7) is 0. The Hall–Kier alpha value is -1.10. The number of thiol groups is 1. The SMILES string of the molecule is Sc1c2c(nc3ncnn13)CCCC2. The third-order valence-electron chi connectivity index (χ3n) is 2.67. The summed E-state index contributed by atoms with van der Waals surface area (Å²) in [6, 6.07) is 0. The van der Waals surface area contributed by atoms with Gasteiger partial charge in [0.25, 0.3) is 5.78 Å². The van der Waals surface area contributed by atoms with Crippen LogP contribution in [0.4, 0.5) is 0 Å². The van der Waals surface area contributed by atoms with Crippen molar-refractivity contribution < 1.29 is 0 Å². The van der Waals surface area contributed by atoms with Crippen LogP contribution in [0.1, 0.15) is 24.1 Å². The number of aromatic nitrogens is 4. The second-order valence-electron chi connectivity index (χ2n) is 3.54. The number of rotatable bonds is 0. The summed E-state index contributed by atoms with van der Waals surface area (Å²) in [4.78, 5) is 8.56. The summed E-state index contributed by atoms with van der Waals surface area (Å²) in [5, 5.41) is 5.00. The van der Waals surface area contributed by atoms with E-state index < -0.39 is 0 Å². The molecule has 0 amide bonds. The Bertz CT molecular complexity index is 491. The van der Waals surface area contributed by atoms with Crippen molar-refractivity contribution in [2.75, 3.05) is 0 Å². The third-order valence-corrected chi connectivity index (χ3v) is 3.13. The first kappa shape index (κ1) is 8.23. The average molecular weight is 206 g/mol. The molecule has 2 heterocycles. The zero-order chi connectivity index (χ0) is 9.54. The molecule has 0 atom stereocenters. The Balaban J connectivity index is 2.36. The minimum Gasteiger partial charge on any atom is -0.216 e. The lowest BCUT2D eigenvalue weighted by atomic mass is 9.97. The van der Waals surface area contributed by atoms with E-state index in [1.807, 2.05) is 0 Å². The molecule has 2 aromatic rings. The van der Waals surface area contributed by atoms with Crippen LogP contribution >= 0.6 is 12.6 Å². The Morgan fingerprint density at radius 2 is 2.14 bits per heavy atom. The highest BCUT2D eigenvalue weighted by Gasteiger charge is 2.16. The highest BCUT2D eigenvalue weighted by atomic mass is 32.1. The molecule has 0 bridgehead atoms. The molecular formula is C9H10N4S. The summed E-state index contributed by atoms with van der Waals surface area (Å²) in [5.74, 6) is 0.663. The van der Waals surface area contributed by atoms with Crippen LogP contribution in [-0.4, -0.2) is 19.6 Å². The smallest absolute Gasteiger partial charge is 0.216 e. The maximum atomic E-state index is 4.49. The van der Waals surface area contributed by atoms with E-state index >= 15 is 0 Å². The second kappa shape index (κ2) is 2.95. The van der Waals surface area contributed by atoms with Crippen molar-refractivity contribution in [3.05, 3.63) is 17.6 Å².